The molecule has 0 aromatic heterocycles. The molecule has 0 saturated heterocycles. The van der Waals surface area contributed by atoms with Crippen molar-refractivity contribution in [3.63, 3.8) is 0 Å². The molecule has 1 aromatic rings. The zero-order valence-corrected chi connectivity index (χ0v) is 10.0. The van der Waals surface area contributed by atoms with Crippen molar-refractivity contribution >= 4 is 17.6 Å². The van der Waals surface area contributed by atoms with Crippen molar-refractivity contribution in [3.8, 4) is 5.75 Å². The first-order valence-corrected chi connectivity index (χ1v) is 5.29. The summed E-state index contributed by atoms with van der Waals surface area (Å²) in [4.78, 5) is 22.3. The van der Waals surface area contributed by atoms with Crippen molar-refractivity contribution in [1.29, 1.82) is 0 Å². The van der Waals surface area contributed by atoms with Gasteiger partial charge in [0.15, 0.2) is 0 Å². The largest absolute Gasteiger partial charge is 0.496 e. The summed E-state index contributed by atoms with van der Waals surface area (Å²) in [6.45, 7) is 0.519. The number of primary amides is 1. The van der Waals surface area contributed by atoms with Crippen LogP contribution >= 0.6 is 0 Å². The predicted molar refractivity (Wildman–Crippen MR) is 67.3 cm³/mol. The maximum absolute atomic E-state index is 11.8. The number of hydrogen-bond acceptors (Lipinski definition) is 4. The lowest BCUT2D eigenvalue weighted by atomic mass is 10.1. The van der Waals surface area contributed by atoms with Crippen molar-refractivity contribution in [2.45, 2.75) is 0 Å². The first kappa shape index (κ1) is 13.6. The van der Waals surface area contributed by atoms with Crippen molar-refractivity contribution in [2.75, 3.05) is 25.9 Å². The number of urea groups is 1. The number of amides is 3. The van der Waals surface area contributed by atoms with Crippen LogP contribution in [-0.4, -0.2) is 32.1 Å². The molecule has 7 nitrogen and oxygen atoms in total. The van der Waals surface area contributed by atoms with Crippen LogP contribution in [-0.2, 0) is 0 Å². The van der Waals surface area contributed by atoms with Crippen LogP contribution in [0.15, 0.2) is 18.2 Å². The number of methoxy groups -OCH3 is 1. The van der Waals surface area contributed by atoms with E-state index in [1.807, 2.05) is 0 Å². The van der Waals surface area contributed by atoms with Gasteiger partial charge in [-0.15, -0.1) is 0 Å². The van der Waals surface area contributed by atoms with Crippen LogP contribution in [0.1, 0.15) is 10.4 Å². The third-order valence-corrected chi connectivity index (χ3v) is 2.18. The molecule has 0 unspecified atom stereocenters. The van der Waals surface area contributed by atoms with Crippen LogP contribution in [0.2, 0.25) is 0 Å². The molecule has 0 atom stereocenters. The van der Waals surface area contributed by atoms with E-state index >= 15 is 0 Å². The number of anilines is 1. The van der Waals surface area contributed by atoms with E-state index < -0.39 is 6.03 Å². The van der Waals surface area contributed by atoms with Gasteiger partial charge >= 0.3 is 6.03 Å². The van der Waals surface area contributed by atoms with Gasteiger partial charge in [0.25, 0.3) is 5.91 Å². The average Bonchev–Trinajstić information content (AvgIpc) is 2.34. The molecule has 3 amide bonds. The first-order valence-electron chi connectivity index (χ1n) is 5.29. The zero-order valence-electron chi connectivity index (χ0n) is 10.0. The summed E-state index contributed by atoms with van der Waals surface area (Å²) in [6, 6.07) is 4.15. The highest BCUT2D eigenvalue weighted by Gasteiger charge is 2.11. The van der Waals surface area contributed by atoms with Crippen LogP contribution in [0.25, 0.3) is 0 Å². The monoisotopic (exact) mass is 252 g/mol. The molecule has 98 valence electrons. The van der Waals surface area contributed by atoms with E-state index in [0.29, 0.717) is 17.0 Å². The van der Waals surface area contributed by atoms with E-state index in [1.165, 1.54) is 13.2 Å². The maximum Gasteiger partial charge on any atom is 0.312 e. The number of nitrogen functional groups attached to an aromatic ring is 1. The van der Waals surface area contributed by atoms with E-state index in [1.54, 1.807) is 12.1 Å². The Hall–Kier alpha value is -2.44. The fourth-order valence-corrected chi connectivity index (χ4v) is 1.36. The van der Waals surface area contributed by atoms with Gasteiger partial charge in [-0.1, -0.05) is 0 Å². The number of benzene rings is 1. The summed E-state index contributed by atoms with van der Waals surface area (Å²) in [5.41, 5.74) is 11.3. The predicted octanol–water partition coefficient (Wildman–Crippen LogP) is -0.324. The summed E-state index contributed by atoms with van der Waals surface area (Å²) < 4.78 is 5.06. The van der Waals surface area contributed by atoms with Gasteiger partial charge in [0.05, 0.1) is 12.7 Å². The Balaban J connectivity index is 2.60. The molecular weight excluding hydrogens is 236 g/mol. The molecule has 0 radical (unpaired) electrons. The fraction of sp³-hybridized carbons (Fsp3) is 0.273. The van der Waals surface area contributed by atoms with Crippen molar-refractivity contribution in [3.05, 3.63) is 23.8 Å². The molecule has 6 N–H and O–H groups in total. The lowest BCUT2D eigenvalue weighted by Gasteiger charge is -2.10. The number of hydrogen-bond donors (Lipinski definition) is 4. The Kier molecular flexibility index (Phi) is 4.79. The molecule has 0 spiro atoms. The number of rotatable bonds is 5. The number of carbonyl (C=O) groups excluding carboxylic acids is 2. The van der Waals surface area contributed by atoms with E-state index in [4.69, 9.17) is 16.2 Å². The molecule has 1 rings (SSSR count). The van der Waals surface area contributed by atoms with Gasteiger partial charge in [-0.05, 0) is 18.2 Å². The molecule has 7 heteroatoms. The van der Waals surface area contributed by atoms with Gasteiger partial charge in [-0.2, -0.15) is 0 Å². The molecule has 0 bridgehead atoms. The fourth-order valence-electron chi connectivity index (χ4n) is 1.36. The second-order valence-electron chi connectivity index (χ2n) is 3.51. The molecule has 0 fully saturated rings. The topological polar surface area (TPSA) is 119 Å². The quantitative estimate of drug-likeness (QED) is 0.424. The van der Waals surface area contributed by atoms with Gasteiger partial charge in [-0.25, -0.2) is 4.79 Å². The van der Waals surface area contributed by atoms with E-state index in [-0.39, 0.29) is 19.0 Å². The summed E-state index contributed by atoms with van der Waals surface area (Å²) in [7, 11) is 1.47. The molecule has 0 aliphatic heterocycles. The second kappa shape index (κ2) is 6.33. The summed E-state index contributed by atoms with van der Waals surface area (Å²) in [5, 5.41) is 4.97. The van der Waals surface area contributed by atoms with E-state index in [9.17, 15) is 9.59 Å². The SMILES string of the molecule is COc1ccc(N)cc1C(=O)NCCNC(N)=O. The van der Waals surface area contributed by atoms with Gasteiger partial charge in [-0.3, -0.25) is 4.79 Å². The standard InChI is InChI=1S/C11H16N4O3/c1-18-9-3-2-7(12)6-8(9)10(16)14-4-5-15-11(13)17/h2-3,6H,4-5,12H2,1H3,(H,14,16)(H3,13,15,17). The summed E-state index contributed by atoms with van der Waals surface area (Å²) >= 11 is 0. The number of carbonyl (C=O) groups is 2. The smallest absolute Gasteiger partial charge is 0.312 e. The minimum absolute atomic E-state index is 0.256. The van der Waals surface area contributed by atoms with E-state index in [0.717, 1.165) is 0 Å². The Morgan fingerprint density at radius 3 is 2.56 bits per heavy atom. The highest BCUT2D eigenvalue weighted by atomic mass is 16.5. The van der Waals surface area contributed by atoms with Crippen molar-refractivity contribution < 1.29 is 14.3 Å². The minimum Gasteiger partial charge on any atom is -0.496 e. The molecule has 1 aromatic carbocycles. The normalized spacial score (nSPS) is 9.61. The Morgan fingerprint density at radius 1 is 1.28 bits per heavy atom. The highest BCUT2D eigenvalue weighted by Crippen LogP contribution is 2.20. The zero-order chi connectivity index (χ0) is 13.5. The van der Waals surface area contributed by atoms with E-state index in [2.05, 4.69) is 10.6 Å². The average molecular weight is 252 g/mol. The van der Waals surface area contributed by atoms with Crippen LogP contribution in [0.3, 0.4) is 0 Å². The van der Waals surface area contributed by atoms with Crippen LogP contribution in [0.4, 0.5) is 10.5 Å². The molecule has 0 heterocycles. The van der Waals surface area contributed by atoms with Gasteiger partial charge in [0, 0.05) is 18.8 Å². The van der Waals surface area contributed by atoms with Crippen molar-refractivity contribution in [1.82, 2.24) is 10.6 Å². The third kappa shape index (κ3) is 3.85. The molecular formula is C11H16N4O3. The number of ether oxygens (including phenoxy) is 1. The lowest BCUT2D eigenvalue weighted by Crippen LogP contribution is -2.37. The van der Waals surface area contributed by atoms with Crippen molar-refractivity contribution in [2.24, 2.45) is 5.73 Å². The Morgan fingerprint density at radius 2 is 1.94 bits per heavy atom. The number of nitrogens with two attached hydrogens (primary N) is 2. The second-order valence-corrected chi connectivity index (χ2v) is 3.51. The van der Waals surface area contributed by atoms with Crippen LogP contribution in [0, 0.1) is 0 Å². The van der Waals surface area contributed by atoms with Gasteiger partial charge < -0.3 is 26.8 Å². The van der Waals surface area contributed by atoms with Gasteiger partial charge in [0.1, 0.15) is 5.75 Å². The summed E-state index contributed by atoms with van der Waals surface area (Å²) in [6.07, 6.45) is 0. The Labute approximate surface area is 104 Å². The van der Waals surface area contributed by atoms with Crippen LogP contribution < -0.4 is 26.8 Å². The molecule has 18 heavy (non-hydrogen) atoms. The number of nitrogens with one attached hydrogen (secondary N) is 2. The van der Waals surface area contributed by atoms with Crippen LogP contribution in [0.5, 0.6) is 5.75 Å². The summed E-state index contributed by atoms with van der Waals surface area (Å²) in [5.74, 6) is 0.106. The third-order valence-electron chi connectivity index (χ3n) is 2.18. The maximum atomic E-state index is 11.8. The first-order chi connectivity index (χ1) is 8.54. The molecule has 0 saturated carbocycles. The highest BCUT2D eigenvalue weighted by molar-refractivity contribution is 5.97. The van der Waals surface area contributed by atoms with Gasteiger partial charge in [0.2, 0.25) is 0 Å². The minimum atomic E-state index is -0.634. The molecule has 0 aliphatic carbocycles. The Bertz CT molecular complexity index is 448. The molecule has 0 aliphatic rings. The lowest BCUT2D eigenvalue weighted by molar-refractivity contribution is 0.0951.